The highest BCUT2D eigenvalue weighted by atomic mass is 31.0. The van der Waals surface area contributed by atoms with E-state index in [9.17, 15) is 4.79 Å². The molecule has 1 fully saturated rings. The molecule has 3 heterocycles. The summed E-state index contributed by atoms with van der Waals surface area (Å²) < 4.78 is 12.3. The number of aromatic nitrogens is 3. The number of hydrogen-bond acceptors (Lipinski definition) is 6. The lowest BCUT2D eigenvalue weighted by atomic mass is 10.0. The molecule has 2 atom stereocenters. The van der Waals surface area contributed by atoms with E-state index in [0.29, 0.717) is 37.6 Å². The summed E-state index contributed by atoms with van der Waals surface area (Å²) in [6.07, 6.45) is 3.42. The zero-order chi connectivity index (χ0) is 22.0. The van der Waals surface area contributed by atoms with E-state index in [1.807, 2.05) is 18.2 Å². The molecule has 0 saturated carbocycles. The third kappa shape index (κ3) is 4.57. The second kappa shape index (κ2) is 9.31. The Morgan fingerprint density at radius 1 is 1.19 bits per heavy atom. The normalized spacial score (nSPS) is 13.9. The molecule has 1 N–H and O–H groups in total. The number of carbonyl (C=O) groups is 1. The van der Waals surface area contributed by atoms with Crippen molar-refractivity contribution in [3.63, 3.8) is 0 Å². The summed E-state index contributed by atoms with van der Waals surface area (Å²) in [6, 6.07) is 8.06. The number of morpholine rings is 1. The first-order valence-corrected chi connectivity index (χ1v) is 11.0. The minimum atomic E-state index is -0.305. The van der Waals surface area contributed by atoms with Crippen LogP contribution in [0.25, 0.3) is 11.1 Å². The van der Waals surface area contributed by atoms with Gasteiger partial charge in [-0.1, -0.05) is 12.1 Å². The molecule has 0 spiro atoms. The summed E-state index contributed by atoms with van der Waals surface area (Å²) in [5.74, 6) is 0.689. The first kappa shape index (κ1) is 21.7. The van der Waals surface area contributed by atoms with Crippen LogP contribution >= 0.6 is 18.5 Å². The predicted octanol–water partition coefficient (Wildman–Crippen LogP) is 1.58. The number of carbonyl (C=O) groups excluding carboxylic acids is 1. The number of nitrogens with zero attached hydrogens (tertiary/aromatic N) is 4. The molecule has 0 radical (unpaired) electrons. The summed E-state index contributed by atoms with van der Waals surface area (Å²) in [5, 5.41) is 9.37. The van der Waals surface area contributed by atoms with Crippen LogP contribution in [-0.4, -0.2) is 54.1 Å². The van der Waals surface area contributed by atoms with Crippen molar-refractivity contribution in [3.05, 3.63) is 42.2 Å². The van der Waals surface area contributed by atoms with E-state index in [-0.39, 0.29) is 11.8 Å². The lowest BCUT2D eigenvalue weighted by Crippen LogP contribution is -2.37. The average Bonchev–Trinajstić information content (AvgIpc) is 3.17. The van der Waals surface area contributed by atoms with Crippen LogP contribution in [0.3, 0.4) is 0 Å². The van der Waals surface area contributed by atoms with E-state index in [1.54, 1.807) is 24.1 Å². The molecule has 10 heteroatoms. The van der Waals surface area contributed by atoms with Crippen LogP contribution in [0.5, 0.6) is 5.88 Å². The quantitative estimate of drug-likeness (QED) is 0.586. The van der Waals surface area contributed by atoms with Crippen molar-refractivity contribution in [2.75, 3.05) is 43.6 Å². The van der Waals surface area contributed by atoms with Crippen molar-refractivity contribution in [2.24, 2.45) is 7.05 Å². The first-order valence-electron chi connectivity index (χ1n) is 9.84. The van der Waals surface area contributed by atoms with Gasteiger partial charge in [-0.15, -0.1) is 23.6 Å². The third-order valence-electron chi connectivity index (χ3n) is 5.08. The fraction of sp³-hybridized carbons (Fsp3) is 0.286. The van der Waals surface area contributed by atoms with Crippen molar-refractivity contribution in [3.8, 4) is 17.0 Å². The van der Waals surface area contributed by atoms with Gasteiger partial charge in [-0.2, -0.15) is 0 Å². The van der Waals surface area contributed by atoms with Gasteiger partial charge >= 0.3 is 0 Å². The van der Waals surface area contributed by atoms with E-state index >= 15 is 0 Å². The average molecular weight is 457 g/mol. The number of aryl methyl sites for hydroxylation is 1. The van der Waals surface area contributed by atoms with Crippen LogP contribution in [0.1, 0.15) is 10.4 Å². The van der Waals surface area contributed by atoms with Crippen LogP contribution in [0.4, 0.5) is 11.5 Å². The standard InChI is InChI=1S/C21H25N5O3P2/c1-25-12-16(21(24-25)28-2)20(27)23-18-14(15-11-13(30)3-4-17(15)31)5-6-22-19(18)26-7-9-29-10-8-26/h3-6,11-12H,7-10,30-31H2,1-2H3,(H,23,27). The summed E-state index contributed by atoms with van der Waals surface area (Å²) in [7, 11) is 8.73. The molecule has 4 rings (SSSR count). The molecule has 1 amide bonds. The number of amides is 1. The molecule has 3 aromatic rings. The number of hydrogen-bond donors (Lipinski definition) is 1. The van der Waals surface area contributed by atoms with Crippen molar-refractivity contribution in [1.82, 2.24) is 14.8 Å². The Hall–Kier alpha value is -2.53. The van der Waals surface area contributed by atoms with Gasteiger partial charge in [0.2, 0.25) is 5.88 Å². The Kier molecular flexibility index (Phi) is 6.51. The van der Waals surface area contributed by atoms with Gasteiger partial charge in [0, 0.05) is 38.1 Å². The van der Waals surface area contributed by atoms with E-state index < -0.39 is 0 Å². The molecule has 1 aliphatic rings. The second-order valence-corrected chi connectivity index (χ2v) is 8.47. The van der Waals surface area contributed by atoms with Gasteiger partial charge in [0.1, 0.15) is 5.56 Å². The monoisotopic (exact) mass is 457 g/mol. The van der Waals surface area contributed by atoms with Crippen LogP contribution in [0.15, 0.2) is 36.7 Å². The van der Waals surface area contributed by atoms with Gasteiger partial charge in [0.25, 0.3) is 5.91 Å². The molecular weight excluding hydrogens is 432 g/mol. The SMILES string of the molecule is COc1nn(C)cc1C(=O)Nc1c(-c2cc(P)ccc2P)ccnc1N1CCOCC1. The van der Waals surface area contributed by atoms with Gasteiger partial charge in [-0.05, 0) is 28.3 Å². The second-order valence-electron chi connectivity index (χ2n) is 7.18. The summed E-state index contributed by atoms with van der Waals surface area (Å²) in [6.45, 7) is 2.64. The number of pyridine rings is 1. The molecule has 1 aromatic carbocycles. The Morgan fingerprint density at radius 3 is 2.71 bits per heavy atom. The number of nitrogens with one attached hydrogen (secondary N) is 1. The first-order chi connectivity index (χ1) is 15.0. The predicted molar refractivity (Wildman–Crippen MR) is 129 cm³/mol. The number of benzene rings is 1. The molecule has 1 saturated heterocycles. The zero-order valence-corrected chi connectivity index (χ0v) is 19.8. The number of anilines is 2. The molecule has 0 aliphatic carbocycles. The van der Waals surface area contributed by atoms with Gasteiger partial charge in [-0.3, -0.25) is 9.48 Å². The van der Waals surface area contributed by atoms with Gasteiger partial charge in [0.05, 0.1) is 26.0 Å². The smallest absolute Gasteiger partial charge is 0.262 e. The van der Waals surface area contributed by atoms with Crippen LogP contribution in [0.2, 0.25) is 0 Å². The van der Waals surface area contributed by atoms with Crippen LogP contribution in [-0.2, 0) is 11.8 Å². The van der Waals surface area contributed by atoms with Crippen molar-refractivity contribution in [1.29, 1.82) is 0 Å². The highest BCUT2D eigenvalue weighted by molar-refractivity contribution is 7.28. The summed E-state index contributed by atoms with van der Waals surface area (Å²) in [4.78, 5) is 20.0. The van der Waals surface area contributed by atoms with Crippen molar-refractivity contribution < 1.29 is 14.3 Å². The Labute approximate surface area is 185 Å². The molecule has 0 bridgehead atoms. The van der Waals surface area contributed by atoms with E-state index in [4.69, 9.17) is 9.47 Å². The lowest BCUT2D eigenvalue weighted by Gasteiger charge is -2.30. The number of ether oxygens (including phenoxy) is 2. The van der Waals surface area contributed by atoms with Gasteiger partial charge in [-0.25, -0.2) is 4.98 Å². The fourth-order valence-corrected chi connectivity index (χ4v) is 4.17. The highest BCUT2D eigenvalue weighted by Crippen LogP contribution is 2.35. The topological polar surface area (TPSA) is 81.5 Å². The van der Waals surface area contributed by atoms with Crippen LogP contribution in [0, 0.1) is 0 Å². The molecule has 2 aromatic heterocycles. The summed E-state index contributed by atoms with van der Waals surface area (Å²) >= 11 is 0. The molecule has 2 unspecified atom stereocenters. The van der Waals surface area contributed by atoms with Crippen molar-refractivity contribution >= 4 is 46.5 Å². The Balaban J connectivity index is 1.82. The summed E-state index contributed by atoms with van der Waals surface area (Å²) in [5.41, 5.74) is 2.91. The molecule has 31 heavy (non-hydrogen) atoms. The fourth-order valence-electron chi connectivity index (χ4n) is 3.58. The zero-order valence-electron chi connectivity index (χ0n) is 17.5. The minimum absolute atomic E-state index is 0.275. The molecular formula is C21H25N5O3P2. The maximum atomic E-state index is 13.3. The van der Waals surface area contributed by atoms with E-state index in [1.165, 1.54) is 7.11 Å². The molecule has 1 aliphatic heterocycles. The third-order valence-corrected chi connectivity index (χ3v) is 5.94. The van der Waals surface area contributed by atoms with E-state index in [0.717, 1.165) is 27.6 Å². The largest absolute Gasteiger partial charge is 0.479 e. The minimum Gasteiger partial charge on any atom is -0.479 e. The Bertz CT molecular complexity index is 1110. The van der Waals surface area contributed by atoms with Crippen molar-refractivity contribution in [2.45, 2.75) is 0 Å². The molecule has 162 valence electrons. The highest BCUT2D eigenvalue weighted by Gasteiger charge is 2.24. The maximum absolute atomic E-state index is 13.3. The van der Waals surface area contributed by atoms with Gasteiger partial charge < -0.3 is 19.7 Å². The molecule has 8 nitrogen and oxygen atoms in total. The van der Waals surface area contributed by atoms with Crippen LogP contribution < -0.4 is 25.6 Å². The maximum Gasteiger partial charge on any atom is 0.262 e. The number of methoxy groups -OCH3 is 1. The Morgan fingerprint density at radius 2 is 1.97 bits per heavy atom. The van der Waals surface area contributed by atoms with Gasteiger partial charge in [0.15, 0.2) is 5.82 Å². The van der Waals surface area contributed by atoms with E-state index in [2.05, 4.69) is 44.8 Å². The lowest BCUT2D eigenvalue weighted by molar-refractivity contribution is 0.102. The number of rotatable bonds is 5.